The number of hydrogen-bond donors (Lipinski definition) is 1. The summed E-state index contributed by atoms with van der Waals surface area (Å²) in [7, 11) is 0. The maximum atomic E-state index is 13.8. The Labute approximate surface area is 230 Å². The van der Waals surface area contributed by atoms with E-state index in [1.807, 2.05) is 42.7 Å². The fourth-order valence-corrected chi connectivity index (χ4v) is 5.99. The molecule has 1 atom stereocenters. The Hall–Kier alpha value is -3.30. The largest absolute Gasteiger partial charge is 0.507 e. The number of aromatic hydroxyl groups is 1. The van der Waals surface area contributed by atoms with Crippen molar-refractivity contribution in [3.8, 4) is 5.75 Å². The molecule has 0 spiro atoms. The number of carbonyl (C=O) groups is 1. The van der Waals surface area contributed by atoms with Crippen molar-refractivity contribution in [1.82, 2.24) is 4.57 Å². The van der Waals surface area contributed by atoms with Crippen LogP contribution in [0.5, 0.6) is 5.75 Å². The first kappa shape index (κ1) is 27.7. The molecular weight excluding hydrogens is 518 g/mol. The van der Waals surface area contributed by atoms with Crippen LogP contribution in [0.25, 0.3) is 6.08 Å². The summed E-state index contributed by atoms with van der Waals surface area (Å²) in [5, 5.41) is 10.7. The molecular formula is C29H33N3O4S2. The third kappa shape index (κ3) is 5.44. The number of phenolic OH excluding ortho intramolecular Hbond substituents is 1. The molecule has 1 aliphatic heterocycles. The lowest BCUT2D eigenvalue weighted by Crippen LogP contribution is -2.40. The number of hydrogen-bond acceptors (Lipinski definition) is 8. The van der Waals surface area contributed by atoms with Crippen molar-refractivity contribution in [2.24, 2.45) is 4.99 Å². The van der Waals surface area contributed by atoms with Crippen molar-refractivity contribution in [1.29, 1.82) is 0 Å². The van der Waals surface area contributed by atoms with Gasteiger partial charge in [0, 0.05) is 35.3 Å². The highest BCUT2D eigenvalue weighted by Crippen LogP contribution is 2.32. The smallest absolute Gasteiger partial charge is 0.338 e. The predicted octanol–water partition coefficient (Wildman–Crippen LogP) is 4.46. The van der Waals surface area contributed by atoms with Crippen molar-refractivity contribution >= 4 is 40.8 Å². The summed E-state index contributed by atoms with van der Waals surface area (Å²) in [5.74, 6) is -0.388. The number of thioether (sulfide) groups is 1. The lowest BCUT2D eigenvalue weighted by atomic mass is 9.96. The van der Waals surface area contributed by atoms with Gasteiger partial charge in [0.2, 0.25) is 0 Å². The Balaban J connectivity index is 1.88. The molecule has 0 amide bonds. The SMILES string of the molecule is CCN(CC)c1ccc(/C=c2\sc3n(c2=O)[C@@H](c2ccc(SC)cc2)C(C(=O)OC(C)C)=C(C)N=3)c(O)c1. The molecule has 2 aromatic carbocycles. The Morgan fingerprint density at radius 2 is 1.89 bits per heavy atom. The van der Waals surface area contributed by atoms with E-state index in [0.717, 1.165) is 29.2 Å². The standard InChI is InChI=1S/C29H33N3O4S2/c1-7-31(8-2)21-12-9-20(23(33)16-21)15-24-27(34)32-26(19-10-13-22(37-6)14-11-19)25(28(35)36-17(3)4)18(5)30-29(32)38-24/h9-17,26,33H,7-8H2,1-6H3/b24-15-/t26-/m0/s1. The van der Waals surface area contributed by atoms with Crippen molar-refractivity contribution < 1.29 is 14.6 Å². The molecule has 0 aliphatic carbocycles. The van der Waals surface area contributed by atoms with E-state index >= 15 is 0 Å². The molecule has 200 valence electrons. The third-order valence-corrected chi connectivity index (χ3v) is 8.17. The maximum Gasteiger partial charge on any atom is 0.338 e. The Bertz CT molecular complexity index is 1550. The van der Waals surface area contributed by atoms with Crippen molar-refractivity contribution in [2.45, 2.75) is 51.7 Å². The van der Waals surface area contributed by atoms with Crippen LogP contribution in [0.3, 0.4) is 0 Å². The predicted molar refractivity (Wildman–Crippen MR) is 155 cm³/mol. The molecule has 2 heterocycles. The van der Waals surface area contributed by atoms with E-state index in [9.17, 15) is 14.7 Å². The molecule has 1 aromatic heterocycles. The fourth-order valence-electron chi connectivity index (χ4n) is 4.54. The number of nitrogens with zero attached hydrogens (tertiary/aromatic N) is 3. The van der Waals surface area contributed by atoms with E-state index in [0.29, 0.717) is 26.2 Å². The van der Waals surface area contributed by atoms with E-state index in [1.54, 1.807) is 49.2 Å². The van der Waals surface area contributed by atoms with Crippen LogP contribution in [-0.4, -0.2) is 41.1 Å². The van der Waals surface area contributed by atoms with Gasteiger partial charge in [-0.1, -0.05) is 23.5 Å². The lowest BCUT2D eigenvalue weighted by molar-refractivity contribution is -0.143. The number of carbonyl (C=O) groups excluding carboxylic acids is 1. The van der Waals surface area contributed by atoms with Crippen LogP contribution < -0.4 is 19.8 Å². The number of thiazole rings is 1. The van der Waals surface area contributed by atoms with Crippen LogP contribution in [0.1, 0.15) is 51.8 Å². The van der Waals surface area contributed by atoms with E-state index in [2.05, 4.69) is 23.7 Å². The lowest BCUT2D eigenvalue weighted by Gasteiger charge is -2.25. The zero-order valence-electron chi connectivity index (χ0n) is 22.5. The topological polar surface area (TPSA) is 84.1 Å². The van der Waals surface area contributed by atoms with Crippen molar-refractivity contribution in [3.63, 3.8) is 0 Å². The van der Waals surface area contributed by atoms with Crippen LogP contribution in [0.4, 0.5) is 5.69 Å². The maximum absolute atomic E-state index is 13.8. The summed E-state index contributed by atoms with van der Waals surface area (Å²) in [6, 6.07) is 12.6. The van der Waals surface area contributed by atoms with Crippen LogP contribution in [0, 0.1) is 0 Å². The van der Waals surface area contributed by atoms with Crippen molar-refractivity contribution in [2.75, 3.05) is 24.2 Å². The number of fused-ring (bicyclic) bond motifs is 1. The highest BCUT2D eigenvalue weighted by molar-refractivity contribution is 7.98. The summed E-state index contributed by atoms with van der Waals surface area (Å²) < 4.78 is 7.55. The van der Waals surface area contributed by atoms with Gasteiger partial charge in [0.05, 0.1) is 27.9 Å². The second-order valence-electron chi connectivity index (χ2n) is 9.22. The quantitative estimate of drug-likeness (QED) is 0.329. The fraction of sp³-hybridized carbons (Fsp3) is 0.345. The van der Waals surface area contributed by atoms with E-state index in [4.69, 9.17) is 4.74 Å². The summed E-state index contributed by atoms with van der Waals surface area (Å²) >= 11 is 2.86. The van der Waals surface area contributed by atoms with E-state index in [1.165, 1.54) is 11.3 Å². The number of rotatable bonds is 8. The Kier molecular flexibility index (Phi) is 8.47. The van der Waals surface area contributed by atoms with Gasteiger partial charge in [-0.2, -0.15) is 0 Å². The number of phenols is 1. The molecule has 9 heteroatoms. The van der Waals surface area contributed by atoms with E-state index < -0.39 is 12.0 Å². The number of benzene rings is 2. The van der Waals surface area contributed by atoms with Gasteiger partial charge >= 0.3 is 5.97 Å². The summed E-state index contributed by atoms with van der Waals surface area (Å²) in [6.07, 6.45) is 3.37. The van der Waals surface area contributed by atoms with Gasteiger partial charge < -0.3 is 14.7 Å². The molecule has 0 unspecified atom stereocenters. The molecule has 0 radical (unpaired) electrons. The molecule has 0 saturated carbocycles. The van der Waals surface area contributed by atoms with Gasteiger partial charge in [-0.15, -0.1) is 11.8 Å². The van der Waals surface area contributed by atoms with Crippen LogP contribution in [0.2, 0.25) is 0 Å². The minimum Gasteiger partial charge on any atom is -0.507 e. The molecule has 0 bridgehead atoms. The monoisotopic (exact) mass is 551 g/mol. The number of esters is 1. The zero-order chi connectivity index (χ0) is 27.6. The molecule has 38 heavy (non-hydrogen) atoms. The number of anilines is 1. The Morgan fingerprint density at radius 3 is 2.47 bits per heavy atom. The minimum atomic E-state index is -0.672. The third-order valence-electron chi connectivity index (χ3n) is 6.45. The normalized spacial score (nSPS) is 15.4. The first-order valence-corrected chi connectivity index (χ1v) is 14.7. The van der Waals surface area contributed by atoms with Gasteiger partial charge in [0.15, 0.2) is 4.80 Å². The van der Waals surface area contributed by atoms with Gasteiger partial charge in [0.1, 0.15) is 5.75 Å². The molecule has 7 nitrogen and oxygen atoms in total. The zero-order valence-corrected chi connectivity index (χ0v) is 24.2. The average Bonchev–Trinajstić information content (AvgIpc) is 3.19. The number of aromatic nitrogens is 1. The average molecular weight is 552 g/mol. The highest BCUT2D eigenvalue weighted by atomic mass is 32.2. The summed E-state index contributed by atoms with van der Waals surface area (Å²) in [6.45, 7) is 11.1. The molecule has 1 aliphatic rings. The second kappa shape index (κ2) is 11.6. The first-order chi connectivity index (χ1) is 18.2. The molecule has 3 aromatic rings. The first-order valence-electron chi connectivity index (χ1n) is 12.6. The molecule has 0 fully saturated rings. The Morgan fingerprint density at radius 1 is 1.21 bits per heavy atom. The number of ether oxygens (including phenoxy) is 1. The van der Waals surface area contributed by atoms with Gasteiger partial charge in [-0.25, -0.2) is 9.79 Å². The van der Waals surface area contributed by atoms with Crippen LogP contribution >= 0.6 is 23.1 Å². The van der Waals surface area contributed by atoms with Crippen LogP contribution in [-0.2, 0) is 9.53 Å². The summed E-state index contributed by atoms with van der Waals surface area (Å²) in [5.41, 5.74) is 2.86. The highest BCUT2D eigenvalue weighted by Gasteiger charge is 2.33. The minimum absolute atomic E-state index is 0.0989. The molecule has 0 saturated heterocycles. The van der Waals surface area contributed by atoms with Gasteiger partial charge in [-0.05, 0) is 76.8 Å². The summed E-state index contributed by atoms with van der Waals surface area (Å²) in [4.78, 5) is 35.4. The van der Waals surface area contributed by atoms with Gasteiger partial charge in [-0.3, -0.25) is 9.36 Å². The number of allylic oxidation sites excluding steroid dienone is 1. The molecule has 4 rings (SSSR count). The van der Waals surface area contributed by atoms with E-state index in [-0.39, 0.29) is 17.4 Å². The second-order valence-corrected chi connectivity index (χ2v) is 11.1. The molecule has 1 N–H and O–H groups in total. The van der Waals surface area contributed by atoms with Crippen LogP contribution in [0.15, 0.2) is 68.4 Å². The van der Waals surface area contributed by atoms with Gasteiger partial charge in [0.25, 0.3) is 5.56 Å². The van der Waals surface area contributed by atoms with Crippen molar-refractivity contribution in [3.05, 3.63) is 84.5 Å².